The Bertz CT molecular complexity index is 397. The van der Waals surface area contributed by atoms with Crippen LogP contribution in [0.2, 0.25) is 0 Å². The largest absolute Gasteiger partial charge is 0.364 e. The van der Waals surface area contributed by atoms with Gasteiger partial charge in [-0.25, -0.2) is 4.98 Å². The molecule has 0 aliphatic rings. The molecular weight excluding hydrogens is 230 g/mol. The summed E-state index contributed by atoms with van der Waals surface area (Å²) < 4.78 is 10.8. The number of hydrogen-bond acceptors (Lipinski definition) is 5. The average Bonchev–Trinajstić information content (AvgIpc) is 2.24. The van der Waals surface area contributed by atoms with Crippen LogP contribution in [0.4, 0.5) is 11.5 Å². The highest BCUT2D eigenvalue weighted by atomic mass is 32.2. The minimum absolute atomic E-state index is 0.0416. The zero-order valence-electron chi connectivity index (χ0n) is 8.88. The zero-order valence-corrected chi connectivity index (χ0v) is 9.70. The summed E-state index contributed by atoms with van der Waals surface area (Å²) in [5.74, 6) is 0.836. The molecule has 0 bridgehead atoms. The van der Waals surface area contributed by atoms with E-state index in [0.717, 1.165) is 0 Å². The lowest BCUT2D eigenvalue weighted by atomic mass is 10.4. The summed E-state index contributed by atoms with van der Waals surface area (Å²) in [6, 6.07) is 2.91. The van der Waals surface area contributed by atoms with Crippen molar-refractivity contribution in [2.75, 3.05) is 23.9 Å². The molecule has 0 aliphatic heterocycles. The molecule has 88 valence electrons. The summed E-state index contributed by atoms with van der Waals surface area (Å²) in [6.45, 7) is 0.525. The lowest BCUT2D eigenvalue weighted by Crippen LogP contribution is -2.08. The number of anilines is 1. The van der Waals surface area contributed by atoms with Gasteiger partial charge in [0, 0.05) is 41.6 Å². The topological polar surface area (TPSA) is 85.1 Å². The molecule has 0 saturated heterocycles. The maximum Gasteiger partial charge on any atom is 0.311 e. The van der Waals surface area contributed by atoms with Crippen LogP contribution in [-0.2, 0) is 10.8 Å². The second-order valence-corrected chi connectivity index (χ2v) is 4.74. The smallest absolute Gasteiger partial charge is 0.311 e. The molecule has 0 spiro atoms. The molecule has 1 unspecified atom stereocenters. The standard InChI is InChI=1S/C9H13N3O3S/c1-16(15)7-3-6-11-9-8(12(13)14)4-2-5-10-9/h2,4-5H,3,6-7H2,1H3,(H,10,11). The number of hydrogen-bond donors (Lipinski definition) is 1. The summed E-state index contributed by atoms with van der Waals surface area (Å²) in [7, 11) is -0.832. The van der Waals surface area contributed by atoms with E-state index in [9.17, 15) is 14.3 Å². The quantitative estimate of drug-likeness (QED) is 0.460. The zero-order chi connectivity index (χ0) is 12.0. The first kappa shape index (κ1) is 12.6. The highest BCUT2D eigenvalue weighted by molar-refractivity contribution is 7.84. The number of rotatable bonds is 6. The minimum Gasteiger partial charge on any atom is -0.364 e. The number of aromatic nitrogens is 1. The Labute approximate surface area is 95.7 Å². The minimum atomic E-state index is -0.832. The Morgan fingerprint density at radius 1 is 1.62 bits per heavy atom. The molecule has 0 amide bonds. The molecule has 1 heterocycles. The van der Waals surface area contributed by atoms with Gasteiger partial charge in [0.05, 0.1) is 4.92 Å². The predicted molar refractivity (Wildman–Crippen MR) is 62.9 cm³/mol. The Morgan fingerprint density at radius 2 is 2.38 bits per heavy atom. The molecule has 16 heavy (non-hydrogen) atoms. The van der Waals surface area contributed by atoms with E-state index in [-0.39, 0.29) is 11.5 Å². The van der Waals surface area contributed by atoms with Crippen LogP contribution >= 0.6 is 0 Å². The molecule has 1 rings (SSSR count). The second-order valence-electron chi connectivity index (χ2n) is 3.19. The summed E-state index contributed by atoms with van der Waals surface area (Å²) in [5, 5.41) is 13.5. The van der Waals surface area contributed by atoms with Gasteiger partial charge >= 0.3 is 5.69 Å². The third kappa shape index (κ3) is 3.93. The van der Waals surface area contributed by atoms with Gasteiger partial charge in [0.25, 0.3) is 0 Å². The van der Waals surface area contributed by atoms with E-state index in [2.05, 4.69) is 10.3 Å². The van der Waals surface area contributed by atoms with Gasteiger partial charge in [-0.3, -0.25) is 14.3 Å². The van der Waals surface area contributed by atoms with Crippen molar-refractivity contribution in [1.29, 1.82) is 0 Å². The van der Waals surface area contributed by atoms with Crippen molar-refractivity contribution in [3.8, 4) is 0 Å². The van der Waals surface area contributed by atoms with Crippen LogP contribution in [0.5, 0.6) is 0 Å². The fraction of sp³-hybridized carbons (Fsp3) is 0.444. The van der Waals surface area contributed by atoms with Crippen LogP contribution in [0.1, 0.15) is 6.42 Å². The molecule has 7 heteroatoms. The van der Waals surface area contributed by atoms with Crippen LogP contribution in [0.3, 0.4) is 0 Å². The van der Waals surface area contributed by atoms with Crippen molar-refractivity contribution in [2.24, 2.45) is 0 Å². The third-order valence-corrected chi connectivity index (χ3v) is 2.75. The fourth-order valence-corrected chi connectivity index (χ4v) is 1.71. The Hall–Kier alpha value is -1.50. The number of nitrogens with zero attached hydrogens (tertiary/aromatic N) is 2. The van der Waals surface area contributed by atoms with E-state index in [1.807, 2.05) is 0 Å². The molecule has 1 aromatic rings. The van der Waals surface area contributed by atoms with Gasteiger partial charge in [-0.15, -0.1) is 0 Å². The summed E-state index contributed by atoms with van der Waals surface area (Å²) in [4.78, 5) is 14.0. The Kier molecular flexibility index (Phi) is 4.84. The van der Waals surface area contributed by atoms with Gasteiger partial charge in [-0.05, 0) is 12.5 Å². The second kappa shape index (κ2) is 6.16. The van der Waals surface area contributed by atoms with Crippen molar-refractivity contribution < 1.29 is 9.13 Å². The van der Waals surface area contributed by atoms with E-state index in [4.69, 9.17) is 0 Å². The molecule has 0 saturated carbocycles. The monoisotopic (exact) mass is 243 g/mol. The summed E-state index contributed by atoms with van der Waals surface area (Å²) in [5.41, 5.74) is -0.0416. The van der Waals surface area contributed by atoms with Gasteiger partial charge < -0.3 is 5.32 Å². The SMILES string of the molecule is CS(=O)CCCNc1ncccc1[N+](=O)[O-]. The van der Waals surface area contributed by atoms with E-state index >= 15 is 0 Å². The van der Waals surface area contributed by atoms with Gasteiger partial charge in [0.1, 0.15) is 0 Å². The van der Waals surface area contributed by atoms with Crippen LogP contribution in [0.25, 0.3) is 0 Å². The van der Waals surface area contributed by atoms with Crippen LogP contribution in [0, 0.1) is 10.1 Å². The maximum absolute atomic E-state index is 10.8. The molecule has 6 nitrogen and oxygen atoms in total. The molecule has 1 aromatic heterocycles. The first-order valence-corrected chi connectivity index (χ1v) is 6.47. The summed E-state index contributed by atoms with van der Waals surface area (Å²) >= 11 is 0. The van der Waals surface area contributed by atoms with E-state index in [1.165, 1.54) is 18.3 Å². The Morgan fingerprint density at radius 3 is 3.00 bits per heavy atom. The lowest BCUT2D eigenvalue weighted by Gasteiger charge is -2.04. The molecule has 0 aromatic carbocycles. The number of nitrogens with one attached hydrogen (secondary N) is 1. The van der Waals surface area contributed by atoms with Crippen LogP contribution in [-0.4, -0.2) is 32.7 Å². The molecular formula is C9H13N3O3S. The molecule has 0 aliphatic carbocycles. The molecule has 1 N–H and O–H groups in total. The highest BCUT2D eigenvalue weighted by Crippen LogP contribution is 2.19. The maximum atomic E-state index is 10.8. The van der Waals surface area contributed by atoms with Crippen molar-refractivity contribution in [3.63, 3.8) is 0 Å². The molecule has 0 radical (unpaired) electrons. The van der Waals surface area contributed by atoms with Crippen LogP contribution in [0.15, 0.2) is 18.3 Å². The lowest BCUT2D eigenvalue weighted by molar-refractivity contribution is -0.384. The third-order valence-electron chi connectivity index (χ3n) is 1.88. The van der Waals surface area contributed by atoms with Gasteiger partial charge in [0.2, 0.25) is 5.82 Å². The summed E-state index contributed by atoms with van der Waals surface area (Å²) in [6.07, 6.45) is 3.81. The first-order chi connectivity index (χ1) is 7.61. The highest BCUT2D eigenvalue weighted by Gasteiger charge is 2.12. The van der Waals surface area contributed by atoms with Crippen LogP contribution < -0.4 is 5.32 Å². The average molecular weight is 243 g/mol. The molecule has 0 fully saturated rings. The molecule has 1 atom stereocenters. The van der Waals surface area contributed by atoms with E-state index in [0.29, 0.717) is 18.7 Å². The van der Waals surface area contributed by atoms with Gasteiger partial charge in [-0.1, -0.05) is 0 Å². The Balaban J connectivity index is 2.53. The number of nitro groups is 1. The van der Waals surface area contributed by atoms with Crippen molar-refractivity contribution in [3.05, 3.63) is 28.4 Å². The predicted octanol–water partition coefficient (Wildman–Crippen LogP) is 1.17. The van der Waals surface area contributed by atoms with Crippen molar-refractivity contribution in [1.82, 2.24) is 4.98 Å². The van der Waals surface area contributed by atoms with E-state index < -0.39 is 15.7 Å². The van der Waals surface area contributed by atoms with Gasteiger partial charge in [0.15, 0.2) is 0 Å². The normalized spacial score (nSPS) is 12.1. The first-order valence-electron chi connectivity index (χ1n) is 4.74. The fourth-order valence-electron chi connectivity index (χ4n) is 1.16. The van der Waals surface area contributed by atoms with E-state index in [1.54, 1.807) is 6.26 Å². The van der Waals surface area contributed by atoms with Crippen molar-refractivity contribution in [2.45, 2.75) is 6.42 Å². The van der Waals surface area contributed by atoms with Crippen molar-refractivity contribution >= 4 is 22.3 Å². The van der Waals surface area contributed by atoms with Gasteiger partial charge in [-0.2, -0.15) is 0 Å². The number of pyridine rings is 1.